The van der Waals surface area contributed by atoms with Crippen molar-refractivity contribution in [2.24, 2.45) is 0 Å². The lowest BCUT2D eigenvalue weighted by Gasteiger charge is -2.10. The normalized spacial score (nSPS) is 10.5. The Kier molecular flexibility index (Phi) is 13.5. The van der Waals surface area contributed by atoms with Gasteiger partial charge in [0.1, 0.15) is 17.2 Å². The maximum atomic E-state index is 14.8. The summed E-state index contributed by atoms with van der Waals surface area (Å²) in [5.41, 5.74) is 0.435. The Bertz CT molecular complexity index is 1800. The zero-order chi connectivity index (χ0) is 35.0. The van der Waals surface area contributed by atoms with Crippen molar-refractivity contribution in [3.05, 3.63) is 121 Å². The van der Waals surface area contributed by atoms with Gasteiger partial charge in [-0.05, 0) is 97.1 Å². The largest absolute Gasteiger partial charge is 0.494 e. The summed E-state index contributed by atoms with van der Waals surface area (Å²) in [5, 5.41) is 1.61. The number of esters is 4. The minimum absolute atomic E-state index is 0.0641. The van der Waals surface area contributed by atoms with E-state index >= 15 is 0 Å². The Morgan fingerprint density at radius 1 is 0.551 bits per heavy atom. The van der Waals surface area contributed by atoms with Crippen LogP contribution < -0.4 is 18.9 Å². The highest BCUT2D eigenvalue weighted by Crippen LogP contribution is 2.26. The molecule has 0 saturated heterocycles. The summed E-state index contributed by atoms with van der Waals surface area (Å²) in [6.07, 6.45) is 4.85. The highest BCUT2D eigenvalue weighted by atomic mass is 19.1. The number of halogens is 1. The van der Waals surface area contributed by atoms with Gasteiger partial charge in [-0.1, -0.05) is 25.3 Å². The van der Waals surface area contributed by atoms with Gasteiger partial charge in [0.25, 0.3) is 0 Å². The Hall–Kier alpha value is -5.97. The van der Waals surface area contributed by atoms with E-state index in [2.05, 4.69) is 13.2 Å². The monoisotopic (exact) mass is 670 g/mol. The second kappa shape index (κ2) is 18.4. The molecular weight excluding hydrogens is 635 g/mol. The first kappa shape index (κ1) is 35.9. The molecule has 0 aliphatic carbocycles. The van der Waals surface area contributed by atoms with Crippen molar-refractivity contribution in [1.29, 1.82) is 0 Å². The van der Waals surface area contributed by atoms with Crippen LogP contribution in [0.25, 0.3) is 10.8 Å². The quantitative estimate of drug-likeness (QED) is 0.0465. The maximum absolute atomic E-state index is 14.8. The van der Waals surface area contributed by atoms with Crippen LogP contribution >= 0.6 is 0 Å². The Balaban J connectivity index is 1.24. The second-order valence-corrected chi connectivity index (χ2v) is 10.5. The molecule has 49 heavy (non-hydrogen) atoms. The summed E-state index contributed by atoms with van der Waals surface area (Å²) in [6, 6.07) is 20.1. The first-order chi connectivity index (χ1) is 23.7. The van der Waals surface area contributed by atoms with Crippen LogP contribution in [0.3, 0.4) is 0 Å². The van der Waals surface area contributed by atoms with Crippen LogP contribution in [0.15, 0.2) is 104 Å². The number of rotatable bonds is 18. The molecule has 0 spiro atoms. The molecule has 0 bridgehead atoms. The fourth-order valence-corrected chi connectivity index (χ4v) is 4.33. The Morgan fingerprint density at radius 2 is 1.06 bits per heavy atom. The first-order valence-electron chi connectivity index (χ1n) is 15.5. The van der Waals surface area contributed by atoms with E-state index in [1.165, 1.54) is 24.3 Å². The zero-order valence-corrected chi connectivity index (χ0v) is 26.7. The molecule has 0 heterocycles. The molecule has 11 heteroatoms. The van der Waals surface area contributed by atoms with E-state index in [1.54, 1.807) is 36.4 Å². The van der Waals surface area contributed by atoms with Crippen LogP contribution in [0, 0.1) is 5.82 Å². The molecule has 0 unspecified atom stereocenters. The summed E-state index contributed by atoms with van der Waals surface area (Å²) in [4.78, 5) is 47.5. The smallest absolute Gasteiger partial charge is 0.343 e. The van der Waals surface area contributed by atoms with Gasteiger partial charge >= 0.3 is 23.9 Å². The van der Waals surface area contributed by atoms with E-state index in [4.69, 9.17) is 28.4 Å². The predicted octanol–water partition coefficient (Wildman–Crippen LogP) is 7.19. The zero-order valence-electron chi connectivity index (χ0n) is 26.7. The van der Waals surface area contributed by atoms with Gasteiger partial charge in [0.05, 0.1) is 37.6 Å². The minimum Gasteiger partial charge on any atom is -0.494 e. The minimum atomic E-state index is -0.888. The molecule has 0 saturated carbocycles. The van der Waals surface area contributed by atoms with Crippen LogP contribution in [-0.2, 0) is 19.1 Å². The summed E-state index contributed by atoms with van der Waals surface area (Å²) in [6.45, 7) is 8.07. The second-order valence-electron chi connectivity index (χ2n) is 10.5. The van der Waals surface area contributed by atoms with Gasteiger partial charge in [-0.15, -0.1) is 0 Å². The fraction of sp³-hybridized carbons (Fsp3) is 0.211. The molecule has 0 amide bonds. The topological polar surface area (TPSA) is 124 Å². The molecule has 4 aromatic rings. The van der Waals surface area contributed by atoms with Gasteiger partial charge < -0.3 is 28.4 Å². The number of hydrogen-bond acceptors (Lipinski definition) is 10. The van der Waals surface area contributed by atoms with Crippen molar-refractivity contribution < 1.29 is 52.0 Å². The molecule has 254 valence electrons. The van der Waals surface area contributed by atoms with E-state index in [0.29, 0.717) is 57.0 Å². The molecule has 0 fully saturated rings. The van der Waals surface area contributed by atoms with Gasteiger partial charge in [0.2, 0.25) is 0 Å². The molecule has 0 aliphatic heterocycles. The SMILES string of the molecule is C=CC(=O)OCCCCOc1ccc(C(=O)Oc2ccc(OC(=O)c3ccc4cc(OCCCCOC(=O)C=C)ccc4c3)cc2F)cc1. The molecule has 0 radical (unpaired) electrons. The fourth-order valence-electron chi connectivity index (χ4n) is 4.33. The van der Waals surface area contributed by atoms with Crippen molar-refractivity contribution in [2.75, 3.05) is 26.4 Å². The van der Waals surface area contributed by atoms with E-state index < -0.39 is 29.7 Å². The number of hydrogen-bond donors (Lipinski definition) is 0. The average molecular weight is 671 g/mol. The Morgan fingerprint density at radius 3 is 1.69 bits per heavy atom. The molecule has 0 aromatic heterocycles. The van der Waals surface area contributed by atoms with E-state index in [1.807, 2.05) is 12.1 Å². The molecule has 0 aliphatic rings. The average Bonchev–Trinajstić information content (AvgIpc) is 3.11. The number of carbonyl (C=O) groups excluding carboxylic acids is 4. The van der Waals surface area contributed by atoms with E-state index in [0.717, 1.165) is 29.0 Å². The molecule has 0 atom stereocenters. The number of carbonyl (C=O) groups is 4. The highest BCUT2D eigenvalue weighted by Gasteiger charge is 2.16. The summed E-state index contributed by atoms with van der Waals surface area (Å²) in [5.74, 6) is -2.51. The third-order valence-corrected chi connectivity index (χ3v) is 6.89. The lowest BCUT2D eigenvalue weighted by atomic mass is 10.1. The van der Waals surface area contributed by atoms with Crippen molar-refractivity contribution >= 4 is 34.6 Å². The third-order valence-electron chi connectivity index (χ3n) is 6.89. The number of ether oxygens (including phenoxy) is 6. The number of benzene rings is 4. The third kappa shape index (κ3) is 11.4. The number of fused-ring (bicyclic) bond motifs is 1. The lowest BCUT2D eigenvalue weighted by molar-refractivity contribution is -0.138. The number of unbranched alkanes of at least 4 members (excludes halogenated alkanes) is 2. The summed E-state index contributed by atoms with van der Waals surface area (Å²) >= 11 is 0. The van der Waals surface area contributed by atoms with Crippen LogP contribution in [0.2, 0.25) is 0 Å². The van der Waals surface area contributed by atoms with Gasteiger partial charge in [-0.3, -0.25) is 0 Å². The van der Waals surface area contributed by atoms with Crippen molar-refractivity contribution in [1.82, 2.24) is 0 Å². The van der Waals surface area contributed by atoms with Crippen LogP contribution in [-0.4, -0.2) is 50.3 Å². The van der Waals surface area contributed by atoms with Crippen LogP contribution in [0.1, 0.15) is 46.4 Å². The lowest BCUT2D eigenvalue weighted by Crippen LogP contribution is -2.11. The standard InChI is InChI=1S/C38H35FO10/c1-3-35(40)46-21-7-5-19-44-30-14-11-26(12-15-30)37(42)49-34-18-17-32(25-33(34)39)48-38(43)29-10-9-28-24-31(16-13-27(28)23-29)45-20-6-8-22-47-36(41)4-2/h3-4,9-18,23-25H,1-2,5-8,19-22H2. The van der Waals surface area contributed by atoms with Crippen molar-refractivity contribution in [3.8, 4) is 23.0 Å². The Labute approximate surface area is 282 Å². The van der Waals surface area contributed by atoms with Crippen molar-refractivity contribution in [2.45, 2.75) is 25.7 Å². The molecule has 4 aromatic carbocycles. The summed E-state index contributed by atoms with van der Waals surface area (Å²) in [7, 11) is 0. The van der Waals surface area contributed by atoms with E-state index in [-0.39, 0.29) is 29.2 Å². The molecule has 0 N–H and O–H groups in total. The predicted molar refractivity (Wildman–Crippen MR) is 178 cm³/mol. The van der Waals surface area contributed by atoms with Gasteiger partial charge in [0, 0.05) is 18.2 Å². The molecular formula is C38H35FO10. The van der Waals surface area contributed by atoms with E-state index in [9.17, 15) is 23.6 Å². The molecule has 10 nitrogen and oxygen atoms in total. The van der Waals surface area contributed by atoms with Gasteiger partial charge in [-0.2, -0.15) is 0 Å². The van der Waals surface area contributed by atoms with Crippen LogP contribution in [0.5, 0.6) is 23.0 Å². The highest BCUT2D eigenvalue weighted by molar-refractivity contribution is 5.97. The first-order valence-corrected chi connectivity index (χ1v) is 15.5. The molecule has 4 rings (SSSR count). The maximum Gasteiger partial charge on any atom is 0.343 e. The van der Waals surface area contributed by atoms with Gasteiger partial charge in [0.15, 0.2) is 11.6 Å². The van der Waals surface area contributed by atoms with Crippen molar-refractivity contribution in [3.63, 3.8) is 0 Å². The van der Waals surface area contributed by atoms with Crippen LogP contribution in [0.4, 0.5) is 4.39 Å². The van der Waals surface area contributed by atoms with Gasteiger partial charge in [-0.25, -0.2) is 23.6 Å². The summed E-state index contributed by atoms with van der Waals surface area (Å²) < 4.78 is 46.6.